The van der Waals surface area contributed by atoms with E-state index in [0.717, 1.165) is 0 Å². The van der Waals surface area contributed by atoms with Crippen molar-refractivity contribution < 1.29 is 0 Å². The van der Waals surface area contributed by atoms with Crippen molar-refractivity contribution in [1.29, 1.82) is 0 Å². The highest BCUT2D eigenvalue weighted by Gasteiger charge is 2.48. The van der Waals surface area contributed by atoms with Gasteiger partial charge < -0.3 is 9.38 Å². The molecule has 0 fully saturated rings. The standard InChI is InChI=1S/C35H25BN2SSi/c1-20-18-24-21-11-8-12-23-32(21)38(33-22-10-4-6-15-28(22)39-35(23)33)36-25-13-9-17-30-34(25)37(27(19-20)31(24)36)26-14-5-7-16-29(26)40(30,2)3/h4-19H,1-3H3. The lowest BCUT2D eigenvalue weighted by molar-refractivity contribution is 1.25. The van der Waals surface area contributed by atoms with Gasteiger partial charge in [-0.3, -0.25) is 0 Å². The van der Waals surface area contributed by atoms with Crippen molar-refractivity contribution in [2.75, 3.05) is 4.90 Å². The number of thiophene rings is 1. The van der Waals surface area contributed by atoms with Crippen LogP contribution in [0.1, 0.15) is 5.56 Å². The second kappa shape index (κ2) is 6.98. The summed E-state index contributed by atoms with van der Waals surface area (Å²) < 4.78 is 5.51. The third-order valence-corrected chi connectivity index (χ3v) is 14.5. The number of aryl methyl sites for hydroxylation is 1. The number of anilines is 3. The first-order valence-electron chi connectivity index (χ1n) is 14.2. The van der Waals surface area contributed by atoms with Gasteiger partial charge >= 0.3 is 6.85 Å². The average Bonchev–Trinajstić information content (AvgIpc) is 3.50. The molecular weight excluding hydrogens is 519 g/mol. The van der Waals surface area contributed by atoms with Gasteiger partial charge in [0.2, 0.25) is 0 Å². The van der Waals surface area contributed by atoms with Crippen LogP contribution in [0.4, 0.5) is 17.1 Å². The molecule has 10 rings (SSSR count). The maximum atomic E-state index is 2.72. The molecule has 0 unspecified atom stereocenters. The van der Waals surface area contributed by atoms with E-state index in [2.05, 4.69) is 126 Å². The van der Waals surface area contributed by atoms with Crippen molar-refractivity contribution in [1.82, 2.24) is 4.48 Å². The molecular formula is C35H25BN2SSi. The van der Waals surface area contributed by atoms with Crippen molar-refractivity contribution in [2.45, 2.75) is 20.0 Å². The molecule has 0 amide bonds. The molecule has 2 nitrogen and oxygen atoms in total. The van der Waals surface area contributed by atoms with Crippen LogP contribution in [0, 0.1) is 6.92 Å². The SMILES string of the molecule is Cc1cc2c3c(c1)N1c4ccccc4[Si](C)(C)c4cccc(c41)B3n1c3c-2cccc3c2sc3ccccc3c21. The lowest BCUT2D eigenvalue weighted by Crippen LogP contribution is -2.65. The van der Waals surface area contributed by atoms with Crippen LogP contribution in [0.2, 0.25) is 13.1 Å². The van der Waals surface area contributed by atoms with Gasteiger partial charge in [-0.2, -0.15) is 0 Å². The zero-order valence-electron chi connectivity index (χ0n) is 22.6. The predicted molar refractivity (Wildman–Crippen MR) is 177 cm³/mol. The molecule has 0 radical (unpaired) electrons. The van der Waals surface area contributed by atoms with Crippen molar-refractivity contribution in [2.24, 2.45) is 0 Å². The summed E-state index contributed by atoms with van der Waals surface area (Å²) in [6.07, 6.45) is 0. The fourth-order valence-corrected chi connectivity index (χ4v) is 12.4. The Morgan fingerprint density at radius 1 is 0.700 bits per heavy atom. The van der Waals surface area contributed by atoms with Crippen LogP contribution in [0.15, 0.2) is 97.1 Å². The van der Waals surface area contributed by atoms with Gasteiger partial charge in [0.05, 0.1) is 10.2 Å². The Kier molecular flexibility index (Phi) is 3.79. The Bertz CT molecular complexity index is 2290. The van der Waals surface area contributed by atoms with Crippen LogP contribution in [0.3, 0.4) is 0 Å². The molecule has 7 aromatic rings. The second-order valence-corrected chi connectivity index (χ2v) is 17.6. The Morgan fingerprint density at radius 3 is 2.40 bits per heavy atom. The molecule has 40 heavy (non-hydrogen) atoms. The average molecular weight is 545 g/mol. The van der Waals surface area contributed by atoms with E-state index in [1.54, 1.807) is 5.19 Å². The molecule has 188 valence electrons. The number of hydrogen-bond acceptors (Lipinski definition) is 2. The first-order chi connectivity index (χ1) is 19.5. The number of aromatic nitrogens is 1. The molecule has 0 atom stereocenters. The summed E-state index contributed by atoms with van der Waals surface area (Å²) >= 11 is 1.95. The van der Waals surface area contributed by atoms with E-state index in [1.165, 1.54) is 81.1 Å². The van der Waals surface area contributed by atoms with Crippen LogP contribution in [0.25, 0.3) is 42.3 Å². The molecule has 5 heterocycles. The van der Waals surface area contributed by atoms with E-state index in [-0.39, 0.29) is 6.85 Å². The summed E-state index contributed by atoms with van der Waals surface area (Å²) in [5.74, 6) is 0. The smallest absolute Gasteiger partial charge is 0.333 e. The van der Waals surface area contributed by atoms with Crippen LogP contribution < -0.4 is 26.2 Å². The molecule has 0 N–H and O–H groups in total. The predicted octanol–water partition coefficient (Wildman–Crippen LogP) is 6.87. The summed E-state index contributed by atoms with van der Waals surface area (Å²) in [7, 11) is -1.91. The van der Waals surface area contributed by atoms with Crippen LogP contribution >= 0.6 is 11.3 Å². The van der Waals surface area contributed by atoms with Gasteiger partial charge in [0.15, 0.2) is 0 Å². The molecule has 0 saturated carbocycles. The van der Waals surface area contributed by atoms with E-state index in [1.807, 2.05) is 11.3 Å². The molecule has 0 spiro atoms. The number of nitrogens with zero attached hydrogens (tertiary/aromatic N) is 2. The van der Waals surface area contributed by atoms with Crippen molar-refractivity contribution in [3.05, 3.63) is 103 Å². The monoisotopic (exact) mass is 544 g/mol. The molecule has 3 aliphatic rings. The van der Waals surface area contributed by atoms with Crippen molar-refractivity contribution in [3.8, 4) is 11.1 Å². The minimum Gasteiger partial charge on any atom is -0.374 e. The van der Waals surface area contributed by atoms with E-state index >= 15 is 0 Å². The number of para-hydroxylation sites is 3. The Labute approximate surface area is 238 Å². The summed E-state index contributed by atoms with van der Waals surface area (Å²) in [6, 6.07) is 37.2. The molecule has 0 saturated heterocycles. The van der Waals surface area contributed by atoms with Crippen molar-refractivity contribution in [3.63, 3.8) is 0 Å². The Hall–Kier alpha value is -4.06. The fraction of sp³-hybridized carbons (Fsp3) is 0.0857. The maximum Gasteiger partial charge on any atom is 0.333 e. The van der Waals surface area contributed by atoms with Gasteiger partial charge in [0, 0.05) is 43.6 Å². The van der Waals surface area contributed by atoms with Gasteiger partial charge in [-0.1, -0.05) is 92.0 Å². The van der Waals surface area contributed by atoms with Gasteiger partial charge in [-0.15, -0.1) is 11.3 Å². The summed E-state index contributed by atoms with van der Waals surface area (Å²) in [4.78, 5) is 2.62. The Morgan fingerprint density at radius 2 is 1.48 bits per heavy atom. The number of hydrogen-bond donors (Lipinski definition) is 0. The zero-order valence-corrected chi connectivity index (χ0v) is 24.4. The summed E-state index contributed by atoms with van der Waals surface area (Å²) in [5.41, 5.74) is 13.9. The fourth-order valence-electron chi connectivity index (χ4n) is 8.17. The molecule has 0 aliphatic carbocycles. The Balaban J connectivity index is 1.45. The summed E-state index contributed by atoms with van der Waals surface area (Å²) in [5, 5.41) is 5.83. The van der Waals surface area contributed by atoms with Gasteiger partial charge in [-0.25, -0.2) is 0 Å². The van der Waals surface area contributed by atoms with Gasteiger partial charge in [0.25, 0.3) is 0 Å². The highest BCUT2D eigenvalue weighted by molar-refractivity contribution is 7.27. The lowest BCUT2D eigenvalue weighted by Gasteiger charge is -2.47. The van der Waals surface area contributed by atoms with Crippen molar-refractivity contribution >= 4 is 95.8 Å². The minimum absolute atomic E-state index is 0.139. The van der Waals surface area contributed by atoms with Gasteiger partial charge in [-0.05, 0) is 57.5 Å². The lowest BCUT2D eigenvalue weighted by atomic mass is 9.45. The first kappa shape index (κ1) is 21.7. The number of rotatable bonds is 0. The van der Waals surface area contributed by atoms with Crippen LogP contribution in [-0.2, 0) is 0 Å². The quantitative estimate of drug-likeness (QED) is 0.189. The molecule has 5 aromatic carbocycles. The molecule has 2 aromatic heterocycles. The van der Waals surface area contributed by atoms with E-state index in [4.69, 9.17) is 0 Å². The van der Waals surface area contributed by atoms with E-state index in [9.17, 15) is 0 Å². The van der Waals surface area contributed by atoms with Crippen LogP contribution in [0.5, 0.6) is 0 Å². The minimum atomic E-state index is -1.91. The zero-order chi connectivity index (χ0) is 26.5. The molecule has 3 aliphatic heterocycles. The normalized spacial score (nSPS) is 15.5. The summed E-state index contributed by atoms with van der Waals surface area (Å²) in [6.45, 7) is 7.47. The number of benzene rings is 5. The molecule has 5 heteroatoms. The third-order valence-electron chi connectivity index (χ3n) is 9.77. The van der Waals surface area contributed by atoms with E-state index in [0.29, 0.717) is 0 Å². The van der Waals surface area contributed by atoms with Gasteiger partial charge in [0.1, 0.15) is 8.07 Å². The topological polar surface area (TPSA) is 8.17 Å². The van der Waals surface area contributed by atoms with E-state index < -0.39 is 8.07 Å². The first-order valence-corrected chi connectivity index (χ1v) is 18.0. The largest absolute Gasteiger partial charge is 0.374 e. The maximum absolute atomic E-state index is 2.72. The highest BCUT2D eigenvalue weighted by atomic mass is 32.1. The highest BCUT2D eigenvalue weighted by Crippen LogP contribution is 2.49. The molecule has 0 bridgehead atoms. The second-order valence-electron chi connectivity index (χ2n) is 12.2. The van der Waals surface area contributed by atoms with Crippen LogP contribution in [-0.4, -0.2) is 19.4 Å². The number of fused-ring (bicyclic) bond motifs is 11. The third kappa shape index (κ3) is 2.32.